The molecule has 11 heteroatoms. The van der Waals surface area contributed by atoms with Gasteiger partial charge in [0.05, 0.1) is 23.6 Å². The summed E-state index contributed by atoms with van der Waals surface area (Å²) in [5, 5.41) is -0.336. The van der Waals surface area contributed by atoms with Crippen molar-refractivity contribution in [3.8, 4) is 17.1 Å². The van der Waals surface area contributed by atoms with E-state index in [1.54, 1.807) is 30.5 Å². The number of ether oxygens (including phenoxy) is 1. The molecule has 0 aromatic carbocycles. The molecule has 0 radical (unpaired) electrons. The molecule has 3 aromatic heterocycles. The molecule has 3 aromatic rings. The number of nitrogen functional groups attached to an aromatic ring is 1. The van der Waals surface area contributed by atoms with E-state index in [0.717, 1.165) is 12.8 Å². The molecule has 10 nitrogen and oxygen atoms in total. The predicted molar refractivity (Wildman–Crippen MR) is 142 cm³/mol. The van der Waals surface area contributed by atoms with Gasteiger partial charge in [0, 0.05) is 24.3 Å². The van der Waals surface area contributed by atoms with Gasteiger partial charge < -0.3 is 15.4 Å². The molecular weight excluding hydrogens is 492 g/mol. The maximum atomic E-state index is 13.3. The van der Waals surface area contributed by atoms with Crippen molar-refractivity contribution in [3.05, 3.63) is 54.2 Å². The SMILES string of the molecule is CC(C)COc1ccnc(-c2ccc(C(=O)NS(=O)(=O)c3cccc(N)n3)c(N3[C@H](C)CC[C@@H]3C)n2)c1. The van der Waals surface area contributed by atoms with Gasteiger partial charge in [-0.25, -0.2) is 14.7 Å². The molecular formula is C26H32N6O4S. The summed E-state index contributed by atoms with van der Waals surface area (Å²) in [4.78, 5) is 28.5. The van der Waals surface area contributed by atoms with Gasteiger partial charge in [-0.1, -0.05) is 19.9 Å². The predicted octanol–water partition coefficient (Wildman–Crippen LogP) is 3.65. The fourth-order valence-corrected chi connectivity index (χ4v) is 5.23. The number of aromatic nitrogens is 3. The minimum atomic E-state index is -4.24. The standard InChI is InChI=1S/C26H32N6O4S/c1-16(2)15-36-19-12-13-28-22(14-19)21-11-10-20(25(29-21)32-17(3)8-9-18(32)4)26(33)31-37(34,35)24-7-5-6-23(27)30-24/h5-7,10-14,16-18H,8-9,15H2,1-4H3,(H2,27,30)(H,31,33)/t17-,18+. The number of nitrogens with one attached hydrogen (secondary N) is 1. The number of amides is 1. The molecule has 3 N–H and O–H groups in total. The van der Waals surface area contributed by atoms with Crippen LogP contribution in [0.25, 0.3) is 11.4 Å². The Balaban J connectivity index is 1.72. The summed E-state index contributed by atoms with van der Waals surface area (Å²) in [6.45, 7) is 8.83. The molecule has 196 valence electrons. The maximum absolute atomic E-state index is 13.3. The van der Waals surface area contributed by atoms with Crippen molar-refractivity contribution in [1.29, 1.82) is 0 Å². The van der Waals surface area contributed by atoms with Crippen molar-refractivity contribution in [2.45, 2.75) is 57.6 Å². The van der Waals surface area contributed by atoms with Gasteiger partial charge in [-0.2, -0.15) is 8.42 Å². The zero-order valence-electron chi connectivity index (χ0n) is 21.4. The van der Waals surface area contributed by atoms with E-state index in [1.165, 1.54) is 18.2 Å². The minimum absolute atomic E-state index is 0.0360. The van der Waals surface area contributed by atoms with Crippen molar-refractivity contribution in [2.75, 3.05) is 17.2 Å². The van der Waals surface area contributed by atoms with Gasteiger partial charge in [0.2, 0.25) is 0 Å². The average molecular weight is 525 g/mol. The van der Waals surface area contributed by atoms with Crippen LogP contribution in [0.3, 0.4) is 0 Å². The van der Waals surface area contributed by atoms with E-state index in [1.807, 2.05) is 0 Å². The first-order valence-electron chi connectivity index (χ1n) is 12.2. The largest absolute Gasteiger partial charge is 0.493 e. The van der Waals surface area contributed by atoms with E-state index in [4.69, 9.17) is 15.5 Å². The summed E-state index contributed by atoms with van der Waals surface area (Å²) in [5.74, 6) is 0.683. The van der Waals surface area contributed by atoms with Crippen LogP contribution in [0.2, 0.25) is 0 Å². The normalized spacial score (nSPS) is 17.7. The van der Waals surface area contributed by atoms with E-state index in [2.05, 4.69) is 47.3 Å². The Hall–Kier alpha value is -3.73. The molecule has 2 atom stereocenters. The number of hydrogen-bond donors (Lipinski definition) is 2. The lowest BCUT2D eigenvalue weighted by Gasteiger charge is -2.29. The van der Waals surface area contributed by atoms with Crippen LogP contribution in [0.1, 0.15) is 50.9 Å². The van der Waals surface area contributed by atoms with E-state index >= 15 is 0 Å². The van der Waals surface area contributed by atoms with Crippen molar-refractivity contribution >= 4 is 27.6 Å². The van der Waals surface area contributed by atoms with Crippen molar-refractivity contribution in [2.24, 2.45) is 5.92 Å². The zero-order valence-corrected chi connectivity index (χ0v) is 22.2. The molecule has 0 spiro atoms. The number of sulfonamides is 1. The third kappa shape index (κ3) is 5.99. The molecule has 4 rings (SSSR count). The molecule has 1 aliphatic rings. The lowest BCUT2D eigenvalue weighted by molar-refractivity contribution is 0.0981. The number of pyridine rings is 3. The molecule has 4 heterocycles. The molecule has 0 bridgehead atoms. The molecule has 0 unspecified atom stereocenters. The fourth-order valence-electron chi connectivity index (χ4n) is 4.29. The highest BCUT2D eigenvalue weighted by atomic mass is 32.2. The van der Waals surface area contributed by atoms with Crippen LogP contribution in [-0.2, 0) is 10.0 Å². The van der Waals surface area contributed by atoms with Gasteiger partial charge >= 0.3 is 0 Å². The van der Waals surface area contributed by atoms with Gasteiger partial charge in [-0.05, 0) is 62.9 Å². The second kappa shape index (κ2) is 10.7. The van der Waals surface area contributed by atoms with Crippen LogP contribution in [0, 0.1) is 5.92 Å². The Morgan fingerprint density at radius 2 is 1.84 bits per heavy atom. The quantitative estimate of drug-likeness (QED) is 0.452. The second-order valence-electron chi connectivity index (χ2n) is 9.67. The highest BCUT2D eigenvalue weighted by Gasteiger charge is 2.33. The molecule has 1 fully saturated rings. The monoisotopic (exact) mass is 524 g/mol. The third-order valence-corrected chi connectivity index (χ3v) is 7.37. The summed E-state index contributed by atoms with van der Waals surface area (Å²) >= 11 is 0. The van der Waals surface area contributed by atoms with Crippen molar-refractivity contribution in [1.82, 2.24) is 19.7 Å². The van der Waals surface area contributed by atoms with Gasteiger partial charge in [0.1, 0.15) is 17.4 Å². The van der Waals surface area contributed by atoms with Crippen LogP contribution < -0.4 is 20.1 Å². The number of hydrogen-bond acceptors (Lipinski definition) is 9. The lowest BCUT2D eigenvalue weighted by Crippen LogP contribution is -2.37. The maximum Gasteiger partial charge on any atom is 0.281 e. The summed E-state index contributed by atoms with van der Waals surface area (Å²) in [6, 6.07) is 11.3. The first-order chi connectivity index (χ1) is 17.5. The number of nitrogens with two attached hydrogens (primary N) is 1. The van der Waals surface area contributed by atoms with Gasteiger partial charge in [0.25, 0.3) is 15.9 Å². The van der Waals surface area contributed by atoms with Crippen LogP contribution >= 0.6 is 0 Å². The molecule has 1 amide bonds. The molecule has 0 saturated carbocycles. The summed E-state index contributed by atoms with van der Waals surface area (Å²) in [7, 11) is -4.24. The summed E-state index contributed by atoms with van der Waals surface area (Å²) < 4.78 is 33.7. The smallest absolute Gasteiger partial charge is 0.281 e. The third-order valence-electron chi connectivity index (χ3n) is 6.14. The fraction of sp³-hybridized carbons (Fsp3) is 0.385. The first kappa shape index (κ1) is 26.3. The van der Waals surface area contributed by atoms with Crippen LogP contribution in [0.5, 0.6) is 5.75 Å². The molecule has 1 aliphatic heterocycles. The van der Waals surface area contributed by atoms with Gasteiger partial charge in [-0.3, -0.25) is 9.78 Å². The van der Waals surface area contributed by atoms with Crippen LogP contribution in [-0.4, -0.2) is 48.0 Å². The van der Waals surface area contributed by atoms with Crippen molar-refractivity contribution < 1.29 is 17.9 Å². The first-order valence-corrected chi connectivity index (χ1v) is 13.7. The molecule has 1 saturated heterocycles. The summed E-state index contributed by atoms with van der Waals surface area (Å²) in [6.07, 6.45) is 3.51. The molecule has 0 aliphatic carbocycles. The Kier molecular flexibility index (Phi) is 7.63. The number of rotatable bonds is 8. The molecule has 37 heavy (non-hydrogen) atoms. The average Bonchev–Trinajstić information content (AvgIpc) is 3.19. The number of anilines is 2. The van der Waals surface area contributed by atoms with E-state index < -0.39 is 15.9 Å². The Bertz CT molecular complexity index is 1390. The highest BCUT2D eigenvalue weighted by Crippen LogP contribution is 2.33. The van der Waals surface area contributed by atoms with Crippen LogP contribution in [0.15, 0.2) is 53.7 Å². The van der Waals surface area contributed by atoms with Crippen molar-refractivity contribution in [3.63, 3.8) is 0 Å². The number of carbonyl (C=O) groups excluding carboxylic acids is 1. The minimum Gasteiger partial charge on any atom is -0.493 e. The zero-order chi connectivity index (χ0) is 26.7. The van der Waals surface area contributed by atoms with Gasteiger partial charge in [-0.15, -0.1) is 0 Å². The Morgan fingerprint density at radius 1 is 1.11 bits per heavy atom. The van der Waals surface area contributed by atoms with Crippen LogP contribution in [0.4, 0.5) is 11.6 Å². The second-order valence-corrected chi connectivity index (χ2v) is 11.3. The topological polar surface area (TPSA) is 140 Å². The summed E-state index contributed by atoms with van der Waals surface area (Å²) in [5.41, 5.74) is 6.91. The number of nitrogens with zero attached hydrogens (tertiary/aromatic N) is 4. The van der Waals surface area contributed by atoms with E-state index in [9.17, 15) is 13.2 Å². The van der Waals surface area contributed by atoms with E-state index in [-0.39, 0.29) is 28.5 Å². The highest BCUT2D eigenvalue weighted by molar-refractivity contribution is 7.90. The Labute approximate surface area is 217 Å². The lowest BCUT2D eigenvalue weighted by atomic mass is 10.1. The number of carbonyl (C=O) groups is 1. The van der Waals surface area contributed by atoms with Gasteiger partial charge in [0.15, 0.2) is 5.03 Å². The van der Waals surface area contributed by atoms with E-state index in [0.29, 0.717) is 35.5 Å². The Morgan fingerprint density at radius 3 is 2.51 bits per heavy atom.